The molecule has 1 N–H and O–H groups in total. The Labute approximate surface area is 78.4 Å². The average molecular weight is 178 g/mol. The lowest BCUT2D eigenvalue weighted by Gasteiger charge is -2.10. The van der Waals surface area contributed by atoms with E-state index in [0.29, 0.717) is 5.88 Å². The van der Waals surface area contributed by atoms with E-state index in [1.165, 1.54) is 0 Å². The Hall–Kier alpha value is -1.51. The van der Waals surface area contributed by atoms with Gasteiger partial charge in [-0.1, -0.05) is 6.08 Å². The Morgan fingerprint density at radius 2 is 2.38 bits per heavy atom. The average Bonchev–Trinajstić information content (AvgIpc) is 2.19. The highest BCUT2D eigenvalue weighted by atomic mass is 16.5. The van der Waals surface area contributed by atoms with Crippen molar-refractivity contribution in [3.63, 3.8) is 0 Å². The van der Waals surface area contributed by atoms with Crippen LogP contribution in [0, 0.1) is 0 Å². The molecule has 0 amide bonds. The van der Waals surface area contributed by atoms with Crippen molar-refractivity contribution in [2.24, 2.45) is 0 Å². The second kappa shape index (κ2) is 4.50. The number of hydrogen-bond acceptors (Lipinski definition) is 3. The van der Waals surface area contributed by atoms with Crippen LogP contribution in [0.4, 0.5) is 5.69 Å². The molecule has 1 atom stereocenters. The van der Waals surface area contributed by atoms with Crippen LogP contribution in [-0.2, 0) is 0 Å². The molecule has 0 aromatic carbocycles. The van der Waals surface area contributed by atoms with Gasteiger partial charge in [0.1, 0.15) is 0 Å². The van der Waals surface area contributed by atoms with E-state index in [-0.39, 0.29) is 6.04 Å². The molecule has 1 aromatic rings. The fourth-order valence-electron chi connectivity index (χ4n) is 0.908. The van der Waals surface area contributed by atoms with Crippen molar-refractivity contribution in [2.75, 3.05) is 12.4 Å². The maximum absolute atomic E-state index is 4.94. The van der Waals surface area contributed by atoms with E-state index in [2.05, 4.69) is 16.9 Å². The van der Waals surface area contributed by atoms with Gasteiger partial charge >= 0.3 is 0 Å². The fraction of sp³-hybridized carbons (Fsp3) is 0.300. The Kier molecular flexibility index (Phi) is 3.31. The Morgan fingerprint density at radius 1 is 1.62 bits per heavy atom. The van der Waals surface area contributed by atoms with E-state index in [1.807, 2.05) is 25.1 Å². The van der Waals surface area contributed by atoms with Gasteiger partial charge in [0.25, 0.3) is 0 Å². The molecule has 13 heavy (non-hydrogen) atoms. The molecule has 0 fully saturated rings. The first-order valence-electron chi connectivity index (χ1n) is 4.15. The molecule has 1 aromatic heterocycles. The maximum Gasteiger partial charge on any atom is 0.213 e. The summed E-state index contributed by atoms with van der Waals surface area (Å²) in [6.45, 7) is 5.71. The van der Waals surface area contributed by atoms with Crippen molar-refractivity contribution in [2.45, 2.75) is 13.0 Å². The van der Waals surface area contributed by atoms with E-state index in [1.54, 1.807) is 13.3 Å². The molecular weight excluding hydrogens is 164 g/mol. The molecule has 0 aliphatic carbocycles. The number of pyridine rings is 1. The van der Waals surface area contributed by atoms with Crippen LogP contribution in [0.2, 0.25) is 0 Å². The highest BCUT2D eigenvalue weighted by molar-refractivity contribution is 5.43. The molecule has 1 rings (SSSR count). The summed E-state index contributed by atoms with van der Waals surface area (Å²) in [4.78, 5) is 4.07. The largest absolute Gasteiger partial charge is 0.481 e. The summed E-state index contributed by atoms with van der Waals surface area (Å²) in [6.07, 6.45) is 3.57. The lowest BCUT2D eigenvalue weighted by atomic mass is 10.3. The summed E-state index contributed by atoms with van der Waals surface area (Å²) in [5, 5.41) is 3.21. The first-order chi connectivity index (χ1) is 6.26. The second-order valence-electron chi connectivity index (χ2n) is 2.76. The van der Waals surface area contributed by atoms with E-state index >= 15 is 0 Å². The molecule has 1 heterocycles. The predicted molar refractivity (Wildman–Crippen MR) is 54.1 cm³/mol. The van der Waals surface area contributed by atoms with Crippen LogP contribution in [-0.4, -0.2) is 18.1 Å². The number of anilines is 1. The van der Waals surface area contributed by atoms with Gasteiger partial charge in [0.05, 0.1) is 19.0 Å². The molecule has 0 spiro atoms. The summed E-state index contributed by atoms with van der Waals surface area (Å²) < 4.78 is 4.94. The maximum atomic E-state index is 4.94. The minimum atomic E-state index is 0.246. The molecular formula is C10H14N2O. The van der Waals surface area contributed by atoms with Crippen LogP contribution in [0.3, 0.4) is 0 Å². The molecule has 0 saturated heterocycles. The van der Waals surface area contributed by atoms with Crippen molar-refractivity contribution in [1.82, 2.24) is 4.98 Å². The van der Waals surface area contributed by atoms with Gasteiger partial charge in [-0.3, -0.25) is 0 Å². The Balaban J connectivity index is 2.63. The number of aromatic nitrogens is 1. The molecule has 3 heteroatoms. The zero-order valence-electron chi connectivity index (χ0n) is 7.95. The van der Waals surface area contributed by atoms with Gasteiger partial charge in [-0.25, -0.2) is 4.98 Å². The monoisotopic (exact) mass is 178 g/mol. The third-order valence-corrected chi connectivity index (χ3v) is 1.69. The van der Waals surface area contributed by atoms with Gasteiger partial charge in [-0.2, -0.15) is 0 Å². The van der Waals surface area contributed by atoms with Crippen LogP contribution < -0.4 is 10.1 Å². The van der Waals surface area contributed by atoms with Gasteiger partial charge < -0.3 is 10.1 Å². The van der Waals surface area contributed by atoms with Gasteiger partial charge in [0, 0.05) is 12.1 Å². The van der Waals surface area contributed by atoms with E-state index < -0.39 is 0 Å². The molecule has 70 valence electrons. The number of hydrogen-bond donors (Lipinski definition) is 1. The number of rotatable bonds is 4. The minimum absolute atomic E-state index is 0.246. The third-order valence-electron chi connectivity index (χ3n) is 1.69. The van der Waals surface area contributed by atoms with Crippen molar-refractivity contribution in [1.29, 1.82) is 0 Å². The zero-order chi connectivity index (χ0) is 9.68. The van der Waals surface area contributed by atoms with Crippen LogP contribution in [0.5, 0.6) is 5.88 Å². The topological polar surface area (TPSA) is 34.1 Å². The van der Waals surface area contributed by atoms with Crippen molar-refractivity contribution in [3.8, 4) is 5.88 Å². The second-order valence-corrected chi connectivity index (χ2v) is 2.76. The van der Waals surface area contributed by atoms with Gasteiger partial charge in [0.2, 0.25) is 5.88 Å². The highest BCUT2D eigenvalue weighted by Crippen LogP contribution is 2.11. The summed E-state index contributed by atoms with van der Waals surface area (Å²) >= 11 is 0. The zero-order valence-corrected chi connectivity index (χ0v) is 7.95. The Morgan fingerprint density at radius 3 is 2.85 bits per heavy atom. The molecule has 0 saturated carbocycles. The standard InChI is InChI=1S/C10H14N2O/c1-4-8(2)12-9-5-6-10(13-3)11-7-9/h4-8,12H,1H2,2-3H3. The first kappa shape index (κ1) is 9.58. The lowest BCUT2D eigenvalue weighted by molar-refractivity contribution is 0.398. The van der Waals surface area contributed by atoms with Crippen molar-refractivity contribution < 1.29 is 4.74 Å². The quantitative estimate of drug-likeness (QED) is 0.717. The van der Waals surface area contributed by atoms with E-state index in [9.17, 15) is 0 Å². The van der Waals surface area contributed by atoms with Crippen molar-refractivity contribution >= 4 is 5.69 Å². The highest BCUT2D eigenvalue weighted by Gasteiger charge is 1.97. The summed E-state index contributed by atoms with van der Waals surface area (Å²) in [7, 11) is 1.60. The van der Waals surface area contributed by atoms with Crippen molar-refractivity contribution in [3.05, 3.63) is 31.0 Å². The third kappa shape index (κ3) is 2.78. The SMILES string of the molecule is C=CC(C)Nc1ccc(OC)nc1. The Bertz CT molecular complexity index is 269. The number of ether oxygens (including phenoxy) is 1. The van der Waals surface area contributed by atoms with Crippen LogP contribution in [0.15, 0.2) is 31.0 Å². The smallest absolute Gasteiger partial charge is 0.213 e. The van der Waals surface area contributed by atoms with Crippen LogP contribution in [0.1, 0.15) is 6.92 Å². The van der Waals surface area contributed by atoms with E-state index in [0.717, 1.165) is 5.69 Å². The van der Waals surface area contributed by atoms with Gasteiger partial charge in [-0.15, -0.1) is 6.58 Å². The van der Waals surface area contributed by atoms with E-state index in [4.69, 9.17) is 4.74 Å². The molecule has 0 aliphatic heterocycles. The summed E-state index contributed by atoms with van der Waals surface area (Å²) in [5.41, 5.74) is 0.966. The molecule has 1 unspecified atom stereocenters. The summed E-state index contributed by atoms with van der Waals surface area (Å²) in [6, 6.07) is 3.99. The lowest BCUT2D eigenvalue weighted by Crippen LogP contribution is -2.11. The number of nitrogens with zero attached hydrogens (tertiary/aromatic N) is 1. The van der Waals surface area contributed by atoms with Crippen LogP contribution in [0.25, 0.3) is 0 Å². The number of methoxy groups -OCH3 is 1. The minimum Gasteiger partial charge on any atom is -0.481 e. The predicted octanol–water partition coefficient (Wildman–Crippen LogP) is 2.08. The summed E-state index contributed by atoms with van der Waals surface area (Å²) in [5.74, 6) is 0.622. The van der Waals surface area contributed by atoms with Crippen LogP contribution >= 0.6 is 0 Å². The molecule has 0 aliphatic rings. The normalized spacial score (nSPS) is 11.8. The fourth-order valence-corrected chi connectivity index (χ4v) is 0.908. The molecule has 3 nitrogen and oxygen atoms in total. The molecule has 0 radical (unpaired) electrons. The van der Waals surface area contributed by atoms with Gasteiger partial charge in [0.15, 0.2) is 0 Å². The first-order valence-corrected chi connectivity index (χ1v) is 4.15. The van der Waals surface area contributed by atoms with Gasteiger partial charge in [-0.05, 0) is 13.0 Å². The number of nitrogens with one attached hydrogen (secondary N) is 1. The molecule has 0 bridgehead atoms.